The second kappa shape index (κ2) is 8.34. The minimum atomic E-state index is -0.753. The Kier molecular flexibility index (Phi) is 5.83. The number of hydrogen-bond donors (Lipinski definition) is 1. The van der Waals surface area contributed by atoms with Gasteiger partial charge in [-0.1, -0.05) is 43.6 Å². The third kappa shape index (κ3) is 3.93. The molecule has 1 atom stereocenters. The van der Waals surface area contributed by atoms with Gasteiger partial charge in [-0.2, -0.15) is 0 Å². The molecule has 2 aliphatic rings. The van der Waals surface area contributed by atoms with Crippen LogP contribution >= 0.6 is 11.6 Å². The van der Waals surface area contributed by atoms with Crippen molar-refractivity contribution in [3.63, 3.8) is 0 Å². The highest BCUT2D eigenvalue weighted by Gasteiger charge is 2.38. The Morgan fingerprint density at radius 1 is 1.15 bits per heavy atom. The Morgan fingerprint density at radius 2 is 1.85 bits per heavy atom. The third-order valence-corrected chi connectivity index (χ3v) is 7.09. The summed E-state index contributed by atoms with van der Waals surface area (Å²) in [6.45, 7) is 8.50. The average molecular weight is 466 g/mol. The number of carbonyl (C=O) groups is 3. The summed E-state index contributed by atoms with van der Waals surface area (Å²) in [6, 6.07) is 10.3. The van der Waals surface area contributed by atoms with Crippen LogP contribution in [0.5, 0.6) is 0 Å². The second-order valence-corrected chi connectivity index (χ2v) is 9.76. The molecule has 6 nitrogen and oxygen atoms in total. The van der Waals surface area contributed by atoms with E-state index >= 15 is 0 Å². The number of aryl methyl sites for hydroxylation is 1. The summed E-state index contributed by atoms with van der Waals surface area (Å²) < 4.78 is 0. The van der Waals surface area contributed by atoms with Crippen molar-refractivity contribution in [2.75, 3.05) is 16.8 Å². The topological polar surface area (TPSA) is 69.7 Å². The first-order chi connectivity index (χ1) is 15.5. The van der Waals surface area contributed by atoms with Crippen molar-refractivity contribution < 1.29 is 14.4 Å². The molecule has 0 spiro atoms. The number of barbiturate groups is 1. The molecule has 2 aromatic carbocycles. The second-order valence-electron chi connectivity index (χ2n) is 9.35. The number of amides is 4. The number of urea groups is 1. The van der Waals surface area contributed by atoms with E-state index < -0.39 is 17.8 Å². The van der Waals surface area contributed by atoms with Crippen LogP contribution in [0, 0.1) is 0 Å². The fraction of sp³-hybridized carbons (Fsp3) is 0.346. The fourth-order valence-electron chi connectivity index (χ4n) is 4.77. The van der Waals surface area contributed by atoms with Gasteiger partial charge in [0.2, 0.25) is 0 Å². The maximum atomic E-state index is 13.3. The molecular formula is C26H28ClN3O3. The van der Waals surface area contributed by atoms with Gasteiger partial charge in [-0.25, -0.2) is 9.69 Å². The summed E-state index contributed by atoms with van der Waals surface area (Å²) >= 11 is 6.62. The standard InChI is InChI=1S/C26H28ClN3O3/c1-6-16-9-7-8-10-21(16)30-24(32)19(23(31)28-25(30)33)12-17-11-18-15(2)14-26(3,4)29(5)22(18)13-20(17)27/h7-13,15H,6,14H2,1-5H3,(H,28,31,33)/b19-12+/t15-/m1/s1. The molecule has 1 saturated heterocycles. The van der Waals surface area contributed by atoms with E-state index in [0.717, 1.165) is 28.1 Å². The number of nitrogens with one attached hydrogen (secondary N) is 1. The van der Waals surface area contributed by atoms with E-state index in [-0.39, 0.29) is 17.0 Å². The first-order valence-electron chi connectivity index (χ1n) is 11.1. The molecule has 0 aromatic heterocycles. The molecule has 4 amide bonds. The summed E-state index contributed by atoms with van der Waals surface area (Å²) in [5, 5.41) is 2.74. The highest BCUT2D eigenvalue weighted by atomic mass is 35.5. The van der Waals surface area contributed by atoms with Gasteiger partial charge in [0.15, 0.2) is 0 Å². The van der Waals surface area contributed by atoms with Crippen LogP contribution < -0.4 is 15.1 Å². The largest absolute Gasteiger partial charge is 0.369 e. The SMILES string of the molecule is CCc1ccccc1N1C(=O)NC(=O)/C(=C\c2cc3c(cc2Cl)N(C)C(C)(C)C[C@H]3C)C1=O. The van der Waals surface area contributed by atoms with Crippen LogP contribution in [0.4, 0.5) is 16.2 Å². The van der Waals surface area contributed by atoms with Gasteiger partial charge in [-0.3, -0.25) is 14.9 Å². The van der Waals surface area contributed by atoms with Gasteiger partial charge >= 0.3 is 6.03 Å². The zero-order chi connectivity index (χ0) is 24.1. The Bertz CT molecular complexity index is 1200. The normalized spacial score (nSPS) is 21.3. The molecule has 0 saturated carbocycles. The van der Waals surface area contributed by atoms with Gasteiger partial charge in [0.05, 0.1) is 5.69 Å². The number of nitrogens with zero attached hydrogens (tertiary/aromatic N) is 2. The lowest BCUT2D eigenvalue weighted by Gasteiger charge is -2.45. The number of hydrogen-bond acceptors (Lipinski definition) is 4. The number of anilines is 2. The predicted octanol–water partition coefficient (Wildman–Crippen LogP) is 5.29. The van der Waals surface area contributed by atoms with E-state index in [4.69, 9.17) is 11.6 Å². The van der Waals surface area contributed by atoms with E-state index in [2.05, 4.69) is 31.0 Å². The average Bonchev–Trinajstić information content (AvgIpc) is 2.75. The molecule has 0 aliphatic carbocycles. The number of rotatable bonds is 3. The van der Waals surface area contributed by atoms with Crippen LogP contribution in [0.1, 0.15) is 56.7 Å². The molecule has 1 fully saturated rings. The number of imide groups is 2. The maximum Gasteiger partial charge on any atom is 0.335 e. The van der Waals surface area contributed by atoms with E-state index in [9.17, 15) is 14.4 Å². The Morgan fingerprint density at radius 3 is 2.55 bits per heavy atom. The summed E-state index contributed by atoms with van der Waals surface area (Å²) in [4.78, 5) is 41.8. The quantitative estimate of drug-likeness (QED) is 0.494. The third-order valence-electron chi connectivity index (χ3n) is 6.77. The Labute approximate surface area is 199 Å². The zero-order valence-electron chi connectivity index (χ0n) is 19.5. The summed E-state index contributed by atoms with van der Waals surface area (Å²) in [6.07, 6.45) is 3.09. The number of carbonyl (C=O) groups excluding carboxylic acids is 3. The van der Waals surface area contributed by atoms with Gasteiger partial charge in [0.25, 0.3) is 11.8 Å². The van der Waals surface area contributed by atoms with Crippen LogP contribution in [0.15, 0.2) is 42.0 Å². The molecule has 0 unspecified atom stereocenters. The van der Waals surface area contributed by atoms with Crippen molar-refractivity contribution in [3.8, 4) is 0 Å². The lowest BCUT2D eigenvalue weighted by molar-refractivity contribution is -0.122. The van der Waals surface area contributed by atoms with Crippen molar-refractivity contribution >= 4 is 46.9 Å². The summed E-state index contributed by atoms with van der Waals surface area (Å²) in [5.74, 6) is -1.11. The first-order valence-corrected chi connectivity index (χ1v) is 11.5. The summed E-state index contributed by atoms with van der Waals surface area (Å²) in [5.41, 5.74) is 3.89. The Balaban J connectivity index is 1.79. The molecule has 0 bridgehead atoms. The van der Waals surface area contributed by atoms with Gasteiger partial charge in [0, 0.05) is 23.3 Å². The van der Waals surface area contributed by atoms with Gasteiger partial charge in [-0.15, -0.1) is 0 Å². The minimum Gasteiger partial charge on any atom is -0.369 e. The van der Waals surface area contributed by atoms with Crippen molar-refractivity contribution in [1.82, 2.24) is 5.32 Å². The number of halogens is 1. The lowest BCUT2D eigenvalue weighted by atomic mass is 9.80. The smallest absolute Gasteiger partial charge is 0.335 e. The first kappa shape index (κ1) is 23.1. The van der Waals surface area contributed by atoms with Crippen LogP contribution in [-0.4, -0.2) is 30.4 Å². The molecule has 2 aliphatic heterocycles. The van der Waals surface area contributed by atoms with Crippen LogP contribution in [0.3, 0.4) is 0 Å². The molecule has 7 heteroatoms. The molecule has 4 rings (SSSR count). The van der Waals surface area contributed by atoms with Gasteiger partial charge < -0.3 is 4.90 Å². The lowest BCUT2D eigenvalue weighted by Crippen LogP contribution is -2.54. The van der Waals surface area contributed by atoms with Crippen LogP contribution in [0.2, 0.25) is 5.02 Å². The predicted molar refractivity (Wildman–Crippen MR) is 132 cm³/mol. The monoisotopic (exact) mass is 465 g/mol. The van der Waals surface area contributed by atoms with Gasteiger partial charge in [-0.05, 0) is 73.6 Å². The van der Waals surface area contributed by atoms with E-state index in [1.54, 1.807) is 12.1 Å². The van der Waals surface area contributed by atoms with Crippen molar-refractivity contribution in [1.29, 1.82) is 0 Å². The number of para-hydroxylation sites is 1. The molecule has 2 aromatic rings. The highest BCUT2D eigenvalue weighted by Crippen LogP contribution is 2.44. The van der Waals surface area contributed by atoms with Crippen LogP contribution in [0.25, 0.3) is 6.08 Å². The van der Waals surface area contributed by atoms with E-state index in [0.29, 0.717) is 22.7 Å². The molecule has 172 valence electrons. The van der Waals surface area contributed by atoms with E-state index in [1.165, 1.54) is 6.08 Å². The molecule has 33 heavy (non-hydrogen) atoms. The highest BCUT2D eigenvalue weighted by molar-refractivity contribution is 6.40. The molecular weight excluding hydrogens is 438 g/mol. The van der Waals surface area contributed by atoms with Crippen molar-refractivity contribution in [2.45, 2.75) is 52.0 Å². The summed E-state index contributed by atoms with van der Waals surface area (Å²) in [7, 11) is 2.05. The maximum absolute atomic E-state index is 13.3. The van der Waals surface area contributed by atoms with Gasteiger partial charge in [0.1, 0.15) is 5.57 Å². The molecule has 0 radical (unpaired) electrons. The van der Waals surface area contributed by atoms with Crippen molar-refractivity contribution in [2.24, 2.45) is 0 Å². The van der Waals surface area contributed by atoms with E-state index in [1.807, 2.05) is 38.2 Å². The van der Waals surface area contributed by atoms with Crippen LogP contribution in [-0.2, 0) is 16.0 Å². The molecule has 2 heterocycles. The number of benzene rings is 2. The molecule has 1 N–H and O–H groups in total. The Hall–Kier alpha value is -3.12. The fourth-order valence-corrected chi connectivity index (χ4v) is 4.99. The number of fused-ring (bicyclic) bond motifs is 1. The van der Waals surface area contributed by atoms with Crippen molar-refractivity contribution in [3.05, 3.63) is 63.7 Å². The zero-order valence-corrected chi connectivity index (χ0v) is 20.3. The minimum absolute atomic E-state index is 0.0114.